The first-order valence-corrected chi connectivity index (χ1v) is 14.9. The molecule has 2 aromatic carbocycles. The van der Waals surface area contributed by atoms with E-state index in [1.165, 1.54) is 23.5 Å². The molecule has 1 amide bonds. The lowest BCUT2D eigenvalue weighted by molar-refractivity contribution is 0.0985. The lowest BCUT2D eigenvalue weighted by atomic mass is 9.94. The van der Waals surface area contributed by atoms with Crippen molar-refractivity contribution >= 4 is 42.6 Å². The zero-order valence-corrected chi connectivity index (χ0v) is 24.4. The summed E-state index contributed by atoms with van der Waals surface area (Å²) >= 11 is 1.36. The Morgan fingerprint density at radius 1 is 1.00 bits per heavy atom. The van der Waals surface area contributed by atoms with Crippen LogP contribution in [-0.4, -0.2) is 83.0 Å². The number of thiazole rings is 1. The van der Waals surface area contributed by atoms with Gasteiger partial charge in [0.25, 0.3) is 5.91 Å². The molecule has 2 heterocycles. The van der Waals surface area contributed by atoms with E-state index in [4.69, 9.17) is 14.5 Å². The second kappa shape index (κ2) is 11.6. The molecule has 1 aliphatic rings. The number of amides is 1. The molecule has 1 aliphatic heterocycles. The first-order chi connectivity index (χ1) is 18.0. The van der Waals surface area contributed by atoms with Crippen LogP contribution in [0.3, 0.4) is 0 Å². The minimum atomic E-state index is -3.63. The van der Waals surface area contributed by atoms with Crippen molar-refractivity contribution in [1.29, 1.82) is 0 Å². The maximum Gasteiger partial charge on any atom is 0.260 e. The van der Waals surface area contributed by atoms with E-state index in [2.05, 4.69) is 13.8 Å². The minimum Gasteiger partial charge on any atom is -0.495 e. The average Bonchev–Trinajstić information content (AvgIpc) is 3.32. The van der Waals surface area contributed by atoms with Crippen LogP contribution in [0.25, 0.3) is 10.2 Å². The van der Waals surface area contributed by atoms with E-state index >= 15 is 0 Å². The smallest absolute Gasteiger partial charge is 0.260 e. The Hall–Kier alpha value is -2.73. The summed E-state index contributed by atoms with van der Waals surface area (Å²) in [4.78, 5) is 22.3. The molecule has 0 N–H and O–H groups in total. The number of carbonyl (C=O) groups excluding carboxylic acids is 1. The summed E-state index contributed by atoms with van der Waals surface area (Å²) in [6.45, 7) is 6.20. The molecule has 4 rings (SSSR count). The van der Waals surface area contributed by atoms with Gasteiger partial charge in [0.1, 0.15) is 21.7 Å². The Balaban J connectivity index is 1.66. The van der Waals surface area contributed by atoms with Crippen molar-refractivity contribution in [2.45, 2.75) is 25.2 Å². The average molecular weight is 561 g/mol. The van der Waals surface area contributed by atoms with Gasteiger partial charge in [-0.2, -0.15) is 4.31 Å². The SMILES string of the molecule is COc1ccc(OC)c2sc(N(CCN(C)C)C(=O)c3ccc(S(=O)(=O)N4CC(C)CC(C)C4)cc3)nc12. The first-order valence-electron chi connectivity index (χ1n) is 12.6. The predicted octanol–water partition coefficient (Wildman–Crippen LogP) is 4.19. The Morgan fingerprint density at radius 2 is 1.61 bits per heavy atom. The first kappa shape index (κ1) is 28.3. The highest BCUT2D eigenvalue weighted by Gasteiger charge is 2.32. The molecule has 0 saturated carbocycles. The fourth-order valence-corrected chi connectivity index (χ4v) is 7.63. The van der Waals surface area contributed by atoms with Crippen LogP contribution in [0.5, 0.6) is 11.5 Å². The van der Waals surface area contributed by atoms with Crippen molar-refractivity contribution in [3.63, 3.8) is 0 Å². The number of hydrogen-bond donors (Lipinski definition) is 0. The van der Waals surface area contributed by atoms with Gasteiger partial charge < -0.3 is 14.4 Å². The number of anilines is 1. The maximum atomic E-state index is 13.7. The van der Waals surface area contributed by atoms with Crippen LogP contribution >= 0.6 is 11.3 Å². The van der Waals surface area contributed by atoms with E-state index in [0.717, 1.165) is 11.1 Å². The number of rotatable bonds is 9. The largest absolute Gasteiger partial charge is 0.495 e. The summed E-state index contributed by atoms with van der Waals surface area (Å²) < 4.78 is 40.0. The number of sulfonamides is 1. The molecule has 38 heavy (non-hydrogen) atoms. The molecular weight excluding hydrogens is 524 g/mol. The van der Waals surface area contributed by atoms with Crippen LogP contribution in [0.2, 0.25) is 0 Å². The molecule has 2 unspecified atom stereocenters. The minimum absolute atomic E-state index is 0.199. The Morgan fingerprint density at radius 3 is 2.18 bits per heavy atom. The monoisotopic (exact) mass is 560 g/mol. The van der Waals surface area contributed by atoms with Gasteiger partial charge in [-0.25, -0.2) is 13.4 Å². The lowest BCUT2D eigenvalue weighted by Crippen LogP contribution is -2.42. The van der Waals surface area contributed by atoms with E-state index in [9.17, 15) is 13.2 Å². The fourth-order valence-electron chi connectivity index (χ4n) is 4.85. The molecule has 9 nitrogen and oxygen atoms in total. The van der Waals surface area contributed by atoms with Crippen molar-refractivity contribution in [1.82, 2.24) is 14.2 Å². The maximum absolute atomic E-state index is 13.7. The third-order valence-corrected chi connectivity index (χ3v) is 9.66. The normalized spacial score (nSPS) is 18.6. The number of piperidine rings is 1. The van der Waals surface area contributed by atoms with Crippen LogP contribution in [0.1, 0.15) is 30.6 Å². The highest BCUT2D eigenvalue weighted by molar-refractivity contribution is 7.89. The number of hydrogen-bond acceptors (Lipinski definition) is 8. The molecule has 0 bridgehead atoms. The van der Waals surface area contributed by atoms with Crippen LogP contribution in [0.15, 0.2) is 41.3 Å². The summed E-state index contributed by atoms with van der Waals surface area (Å²) in [6, 6.07) is 9.84. The number of methoxy groups -OCH3 is 2. The van der Waals surface area contributed by atoms with Crippen LogP contribution < -0.4 is 14.4 Å². The van der Waals surface area contributed by atoms with E-state index in [-0.39, 0.29) is 10.8 Å². The van der Waals surface area contributed by atoms with Gasteiger partial charge in [-0.15, -0.1) is 0 Å². The predicted molar refractivity (Wildman–Crippen MR) is 151 cm³/mol. The summed E-state index contributed by atoms with van der Waals surface area (Å²) in [5.74, 6) is 1.61. The van der Waals surface area contributed by atoms with Crippen LogP contribution in [0.4, 0.5) is 5.13 Å². The summed E-state index contributed by atoms with van der Waals surface area (Å²) in [5.41, 5.74) is 1.02. The van der Waals surface area contributed by atoms with E-state index < -0.39 is 10.0 Å². The van der Waals surface area contributed by atoms with Gasteiger partial charge in [-0.1, -0.05) is 25.2 Å². The quantitative estimate of drug-likeness (QED) is 0.388. The van der Waals surface area contributed by atoms with Gasteiger partial charge in [-0.3, -0.25) is 9.69 Å². The molecule has 11 heteroatoms. The molecular formula is C27H36N4O5S2. The molecule has 1 saturated heterocycles. The van der Waals surface area contributed by atoms with Crippen LogP contribution in [0, 0.1) is 11.8 Å². The molecule has 1 fully saturated rings. The van der Waals surface area contributed by atoms with E-state index in [1.807, 2.05) is 25.1 Å². The van der Waals surface area contributed by atoms with Crippen LogP contribution in [-0.2, 0) is 10.0 Å². The summed E-state index contributed by atoms with van der Waals surface area (Å²) in [5, 5.41) is 0.516. The van der Waals surface area contributed by atoms with Crippen molar-refractivity contribution in [2.24, 2.45) is 11.8 Å². The fraction of sp³-hybridized carbons (Fsp3) is 0.481. The second-order valence-electron chi connectivity index (χ2n) is 10.2. The summed E-state index contributed by atoms with van der Waals surface area (Å²) in [6.07, 6.45) is 1.02. The standard InChI is InChI=1S/C27H36N4O5S2/c1-18-15-19(2)17-30(16-18)38(33,34)21-9-7-20(8-10-21)26(32)31(14-13-29(3)4)27-28-24-22(35-5)11-12-23(36-6)25(24)37-27/h7-12,18-19H,13-17H2,1-6H3. The van der Waals surface area contributed by atoms with Crippen molar-refractivity contribution in [3.8, 4) is 11.5 Å². The molecule has 0 radical (unpaired) electrons. The molecule has 2 atom stereocenters. The molecule has 3 aromatic rings. The number of benzene rings is 2. The molecule has 0 spiro atoms. The highest BCUT2D eigenvalue weighted by Crippen LogP contribution is 2.40. The van der Waals surface area contributed by atoms with E-state index in [0.29, 0.717) is 65.7 Å². The van der Waals surface area contributed by atoms with Crippen molar-refractivity contribution in [2.75, 3.05) is 59.4 Å². The van der Waals surface area contributed by atoms with Crippen molar-refractivity contribution in [3.05, 3.63) is 42.0 Å². The lowest BCUT2D eigenvalue weighted by Gasteiger charge is -2.34. The third-order valence-electron chi connectivity index (χ3n) is 6.72. The number of likely N-dealkylation sites (N-methyl/N-ethyl adjacent to an activating group) is 1. The molecule has 206 valence electrons. The highest BCUT2D eigenvalue weighted by atomic mass is 32.2. The number of ether oxygens (including phenoxy) is 2. The number of fused-ring (bicyclic) bond motifs is 1. The Labute approximate surface area is 229 Å². The number of carbonyl (C=O) groups is 1. The van der Waals surface area contributed by atoms with Gasteiger partial charge in [0, 0.05) is 31.7 Å². The van der Waals surface area contributed by atoms with Gasteiger partial charge in [0.2, 0.25) is 10.0 Å². The van der Waals surface area contributed by atoms with E-state index in [1.54, 1.807) is 41.6 Å². The number of aromatic nitrogens is 1. The van der Waals surface area contributed by atoms with Gasteiger partial charge >= 0.3 is 0 Å². The Kier molecular flexibility index (Phi) is 8.61. The zero-order chi connectivity index (χ0) is 27.6. The zero-order valence-electron chi connectivity index (χ0n) is 22.8. The van der Waals surface area contributed by atoms with Gasteiger partial charge in [-0.05, 0) is 68.8 Å². The third kappa shape index (κ3) is 5.80. The molecule has 0 aliphatic carbocycles. The van der Waals surface area contributed by atoms with Crippen molar-refractivity contribution < 1.29 is 22.7 Å². The molecule has 1 aromatic heterocycles. The second-order valence-corrected chi connectivity index (χ2v) is 13.1. The van der Waals surface area contributed by atoms with Gasteiger partial charge in [0.15, 0.2) is 5.13 Å². The number of nitrogens with zero attached hydrogens (tertiary/aromatic N) is 4. The summed E-state index contributed by atoms with van der Waals surface area (Å²) in [7, 11) is 3.42. The Bertz CT molecular complexity index is 1340. The van der Waals surface area contributed by atoms with Gasteiger partial charge in [0.05, 0.1) is 19.1 Å². The topological polar surface area (TPSA) is 92.3 Å².